The number of nitrogens with zero attached hydrogens (tertiary/aromatic N) is 4. The lowest BCUT2D eigenvalue weighted by atomic mass is 9.92. The summed E-state index contributed by atoms with van der Waals surface area (Å²) in [4.78, 5) is 15.1. The molecule has 0 spiro atoms. The van der Waals surface area contributed by atoms with E-state index in [1.807, 2.05) is 24.5 Å². The van der Waals surface area contributed by atoms with Crippen LogP contribution in [0.5, 0.6) is 0 Å². The second-order valence-electron chi connectivity index (χ2n) is 13.7. The highest BCUT2D eigenvalue weighted by molar-refractivity contribution is 7.26. The SMILES string of the molecule is c1ccc(-c2ccc(-c3cc4c(cc3-c3ccccc3)sc3c(-n5c6ccccc6c6cc7ccccc7cc65)nc(-c5ccncc5)nc34)cc2)cc1. The summed E-state index contributed by atoms with van der Waals surface area (Å²) in [7, 11) is 0. The molecule has 0 fully saturated rings. The molecule has 0 saturated heterocycles. The Morgan fingerprint density at radius 3 is 1.81 bits per heavy atom. The van der Waals surface area contributed by atoms with Gasteiger partial charge in [0.15, 0.2) is 11.6 Å². The summed E-state index contributed by atoms with van der Waals surface area (Å²) >= 11 is 1.77. The largest absolute Gasteiger partial charge is 0.292 e. The van der Waals surface area contributed by atoms with Gasteiger partial charge in [0, 0.05) is 38.8 Å². The first-order valence-electron chi connectivity index (χ1n) is 18.1. The van der Waals surface area contributed by atoms with Gasteiger partial charge < -0.3 is 0 Å². The van der Waals surface area contributed by atoms with Crippen molar-refractivity contribution in [2.24, 2.45) is 0 Å². The topological polar surface area (TPSA) is 43.6 Å². The highest BCUT2D eigenvalue weighted by atomic mass is 32.1. The Morgan fingerprint density at radius 1 is 0.426 bits per heavy atom. The molecule has 0 aliphatic carbocycles. The van der Waals surface area contributed by atoms with E-state index in [9.17, 15) is 0 Å². The van der Waals surface area contributed by atoms with Crippen molar-refractivity contribution in [3.8, 4) is 50.6 Å². The van der Waals surface area contributed by atoms with Crippen LogP contribution in [0, 0.1) is 0 Å². The van der Waals surface area contributed by atoms with Crippen LogP contribution < -0.4 is 0 Å². The van der Waals surface area contributed by atoms with Gasteiger partial charge in [-0.1, -0.05) is 127 Å². The highest BCUT2D eigenvalue weighted by Gasteiger charge is 2.22. The van der Waals surface area contributed by atoms with Crippen LogP contribution in [-0.2, 0) is 0 Å². The normalized spacial score (nSPS) is 11.7. The number of rotatable bonds is 5. The Labute approximate surface area is 315 Å². The van der Waals surface area contributed by atoms with Crippen molar-refractivity contribution in [1.82, 2.24) is 19.5 Å². The van der Waals surface area contributed by atoms with Crippen molar-refractivity contribution in [2.45, 2.75) is 0 Å². The van der Waals surface area contributed by atoms with Crippen LogP contribution in [0.3, 0.4) is 0 Å². The van der Waals surface area contributed by atoms with Crippen LogP contribution in [0.1, 0.15) is 0 Å². The van der Waals surface area contributed by atoms with Gasteiger partial charge in [-0.3, -0.25) is 9.55 Å². The van der Waals surface area contributed by atoms with Crippen LogP contribution in [0.25, 0.3) is 103 Å². The second-order valence-corrected chi connectivity index (χ2v) is 14.7. The number of para-hydroxylation sites is 1. The van der Waals surface area contributed by atoms with Crippen molar-refractivity contribution in [3.63, 3.8) is 0 Å². The molecular weight excluding hydrogens is 677 g/mol. The predicted octanol–water partition coefficient (Wildman–Crippen LogP) is 13.2. The lowest BCUT2D eigenvalue weighted by molar-refractivity contribution is 1.08. The third-order valence-corrected chi connectivity index (χ3v) is 11.7. The molecule has 4 heterocycles. The van der Waals surface area contributed by atoms with Gasteiger partial charge in [-0.05, 0) is 86.6 Å². The number of hydrogen-bond donors (Lipinski definition) is 0. The smallest absolute Gasteiger partial charge is 0.162 e. The van der Waals surface area contributed by atoms with Gasteiger partial charge in [0.05, 0.1) is 21.3 Å². The molecule has 0 aliphatic rings. The maximum atomic E-state index is 5.42. The van der Waals surface area contributed by atoms with Crippen molar-refractivity contribution in [1.29, 1.82) is 0 Å². The number of hydrogen-bond acceptors (Lipinski definition) is 4. The molecule has 0 radical (unpaired) electrons. The zero-order valence-corrected chi connectivity index (χ0v) is 29.8. The van der Waals surface area contributed by atoms with E-state index >= 15 is 0 Å². The summed E-state index contributed by atoms with van der Waals surface area (Å²) in [5, 5.41) is 5.93. The van der Waals surface area contributed by atoms with E-state index in [4.69, 9.17) is 9.97 Å². The summed E-state index contributed by atoms with van der Waals surface area (Å²) < 4.78 is 4.57. The van der Waals surface area contributed by atoms with Crippen LogP contribution >= 0.6 is 11.3 Å². The molecule has 4 aromatic heterocycles. The van der Waals surface area contributed by atoms with E-state index in [-0.39, 0.29) is 0 Å². The third kappa shape index (κ3) is 4.94. The molecular formula is C49H30N4S. The zero-order valence-electron chi connectivity index (χ0n) is 29.0. The molecule has 0 N–H and O–H groups in total. The average molecular weight is 707 g/mol. The molecule has 4 nitrogen and oxygen atoms in total. The number of benzene rings is 7. The minimum absolute atomic E-state index is 0.673. The molecule has 11 aromatic rings. The van der Waals surface area contributed by atoms with Crippen molar-refractivity contribution >= 4 is 64.2 Å². The summed E-state index contributed by atoms with van der Waals surface area (Å²) in [5.41, 5.74) is 11.2. The fourth-order valence-electron chi connectivity index (χ4n) is 7.91. The lowest BCUT2D eigenvalue weighted by Crippen LogP contribution is -2.01. The summed E-state index contributed by atoms with van der Waals surface area (Å²) in [6.45, 7) is 0. The molecule has 0 amide bonds. The van der Waals surface area contributed by atoms with Crippen LogP contribution in [0.2, 0.25) is 0 Å². The van der Waals surface area contributed by atoms with Crippen molar-refractivity contribution < 1.29 is 0 Å². The maximum absolute atomic E-state index is 5.42. The number of pyridine rings is 1. The van der Waals surface area contributed by atoms with E-state index in [1.54, 1.807) is 11.3 Å². The molecule has 0 aliphatic heterocycles. The molecule has 54 heavy (non-hydrogen) atoms. The van der Waals surface area contributed by atoms with E-state index in [0.29, 0.717) is 5.82 Å². The molecule has 0 unspecified atom stereocenters. The van der Waals surface area contributed by atoms with Crippen molar-refractivity contribution in [2.75, 3.05) is 0 Å². The number of fused-ring (bicyclic) bond motifs is 7. The molecule has 0 bridgehead atoms. The minimum atomic E-state index is 0.673. The number of thiophene rings is 1. The number of aromatic nitrogens is 4. The van der Waals surface area contributed by atoms with Crippen LogP contribution in [0.4, 0.5) is 0 Å². The molecule has 0 atom stereocenters. The second kappa shape index (κ2) is 12.3. The van der Waals surface area contributed by atoms with E-state index < -0.39 is 0 Å². The van der Waals surface area contributed by atoms with E-state index in [2.05, 4.69) is 167 Å². The minimum Gasteiger partial charge on any atom is -0.292 e. The Morgan fingerprint density at radius 2 is 1.04 bits per heavy atom. The monoisotopic (exact) mass is 706 g/mol. The maximum Gasteiger partial charge on any atom is 0.162 e. The van der Waals surface area contributed by atoms with Gasteiger partial charge in [0.25, 0.3) is 0 Å². The van der Waals surface area contributed by atoms with Crippen LogP contribution in [0.15, 0.2) is 182 Å². The highest BCUT2D eigenvalue weighted by Crippen LogP contribution is 2.45. The molecule has 252 valence electrons. The molecule has 0 saturated carbocycles. The van der Waals surface area contributed by atoms with Gasteiger partial charge in [-0.25, -0.2) is 9.97 Å². The quantitative estimate of drug-likeness (QED) is 0.179. The third-order valence-electron chi connectivity index (χ3n) is 10.5. The fourth-order valence-corrected chi connectivity index (χ4v) is 9.05. The Hall–Kier alpha value is -6.95. The first-order valence-corrected chi connectivity index (χ1v) is 18.9. The Kier molecular flexibility index (Phi) is 7.00. The van der Waals surface area contributed by atoms with E-state index in [0.717, 1.165) is 43.6 Å². The first-order chi connectivity index (χ1) is 26.8. The van der Waals surface area contributed by atoms with E-state index in [1.165, 1.54) is 54.1 Å². The Balaban J connectivity index is 1.22. The van der Waals surface area contributed by atoms with Gasteiger partial charge in [-0.15, -0.1) is 11.3 Å². The average Bonchev–Trinajstić information content (AvgIpc) is 3.77. The zero-order chi connectivity index (χ0) is 35.6. The fraction of sp³-hybridized carbons (Fsp3) is 0. The van der Waals surface area contributed by atoms with Crippen molar-refractivity contribution in [3.05, 3.63) is 182 Å². The summed E-state index contributed by atoms with van der Waals surface area (Å²) in [6.07, 6.45) is 3.62. The summed E-state index contributed by atoms with van der Waals surface area (Å²) in [6, 6.07) is 60.8. The predicted molar refractivity (Wildman–Crippen MR) is 226 cm³/mol. The van der Waals surface area contributed by atoms with Gasteiger partial charge in [-0.2, -0.15) is 0 Å². The molecule has 5 heteroatoms. The molecule has 11 rings (SSSR count). The Bertz CT molecular complexity index is 3190. The van der Waals surface area contributed by atoms with Gasteiger partial charge in [0.1, 0.15) is 0 Å². The first kappa shape index (κ1) is 30.7. The van der Waals surface area contributed by atoms with Gasteiger partial charge >= 0.3 is 0 Å². The summed E-state index contributed by atoms with van der Waals surface area (Å²) in [5.74, 6) is 1.55. The van der Waals surface area contributed by atoms with Crippen LogP contribution in [-0.4, -0.2) is 19.5 Å². The lowest BCUT2D eigenvalue weighted by Gasteiger charge is -2.13. The molecule has 7 aromatic carbocycles. The van der Waals surface area contributed by atoms with Gasteiger partial charge in [0.2, 0.25) is 0 Å². The standard InChI is InChI=1S/C49H30N4S/c1-3-11-31(12-4-1)32-19-21-34(22-20-32)39-29-42-45(30-40(39)33-13-5-2-6-14-33)54-47-46(42)51-48(35-23-25-50-26-24-35)52-49(47)53-43-18-10-9-17-38(43)41-27-36-15-7-8-16-37(36)28-44(41)53/h1-30H.